The van der Waals surface area contributed by atoms with Crippen molar-refractivity contribution in [3.8, 4) is 11.1 Å². The molecule has 1 atom stereocenters. The first-order valence-electron chi connectivity index (χ1n) is 9.10. The van der Waals surface area contributed by atoms with Gasteiger partial charge >= 0.3 is 6.09 Å². The van der Waals surface area contributed by atoms with Crippen LogP contribution < -0.4 is 11.1 Å². The quantitative estimate of drug-likeness (QED) is 0.629. The minimum absolute atomic E-state index is 0.237. The lowest BCUT2D eigenvalue weighted by Gasteiger charge is -2.19. The molecular weight excluding hydrogens is 354 g/mol. The molecule has 7 nitrogen and oxygen atoms in total. The van der Waals surface area contributed by atoms with Crippen LogP contribution in [0.3, 0.4) is 0 Å². The number of H-pyrrole nitrogens is 1. The zero-order chi connectivity index (χ0) is 20.1. The van der Waals surface area contributed by atoms with E-state index >= 15 is 0 Å². The zero-order valence-electron chi connectivity index (χ0n) is 16.3. The van der Waals surface area contributed by atoms with Crippen LogP contribution in [0.4, 0.5) is 4.79 Å². The summed E-state index contributed by atoms with van der Waals surface area (Å²) in [6.45, 7) is 5.70. The Morgan fingerprint density at radius 1 is 1.18 bits per heavy atom. The Kier molecular flexibility index (Phi) is 5.75. The van der Waals surface area contributed by atoms with Crippen LogP contribution in [0.1, 0.15) is 43.8 Å². The van der Waals surface area contributed by atoms with Gasteiger partial charge in [0.2, 0.25) is 0 Å². The Bertz CT molecular complexity index is 917. The molecule has 4 N–H and O–H groups in total. The number of aromatic nitrogens is 3. The van der Waals surface area contributed by atoms with Gasteiger partial charge in [0.25, 0.3) is 0 Å². The van der Waals surface area contributed by atoms with Crippen LogP contribution in [0.2, 0.25) is 0 Å². The lowest BCUT2D eigenvalue weighted by Crippen LogP contribution is -2.32. The van der Waals surface area contributed by atoms with Crippen LogP contribution in [-0.2, 0) is 11.3 Å². The third-order valence-electron chi connectivity index (χ3n) is 4.10. The standard InChI is InChI=1S/C21H25N5O2/c1-21(2,3)28-20(27)24-13-16-17(14-9-11-23-12-10-14)19(26-25-16)18(22)15-7-5-4-6-8-15/h4-12,18H,13,22H2,1-3H3,(H,24,27)(H,25,26)/t18-/m1/s1. The van der Waals surface area contributed by atoms with Crippen LogP contribution >= 0.6 is 0 Å². The van der Waals surface area contributed by atoms with Crippen LogP contribution in [-0.4, -0.2) is 26.9 Å². The van der Waals surface area contributed by atoms with Gasteiger partial charge in [0.05, 0.1) is 24.0 Å². The second-order valence-corrected chi connectivity index (χ2v) is 7.44. The number of aromatic amines is 1. The SMILES string of the molecule is CC(C)(C)OC(=O)NCc1[nH]nc([C@H](N)c2ccccc2)c1-c1ccncc1. The van der Waals surface area contributed by atoms with E-state index < -0.39 is 17.7 Å². The molecule has 7 heteroatoms. The van der Waals surface area contributed by atoms with E-state index in [9.17, 15) is 4.79 Å². The Balaban J connectivity index is 1.91. The lowest BCUT2D eigenvalue weighted by atomic mass is 9.96. The molecule has 3 aromatic rings. The number of benzene rings is 1. The minimum atomic E-state index is -0.563. The van der Waals surface area contributed by atoms with Gasteiger partial charge in [-0.3, -0.25) is 10.1 Å². The smallest absolute Gasteiger partial charge is 0.407 e. The molecule has 0 saturated heterocycles. The van der Waals surface area contributed by atoms with Gasteiger partial charge in [0, 0.05) is 18.0 Å². The maximum absolute atomic E-state index is 12.0. The molecule has 3 rings (SSSR count). The van der Waals surface area contributed by atoms with E-state index in [0.29, 0.717) is 5.69 Å². The molecule has 0 spiro atoms. The lowest BCUT2D eigenvalue weighted by molar-refractivity contribution is 0.0523. The summed E-state index contributed by atoms with van der Waals surface area (Å²) in [5, 5.41) is 10.2. The van der Waals surface area contributed by atoms with Crippen LogP contribution in [0.5, 0.6) is 0 Å². The van der Waals surface area contributed by atoms with Crippen molar-refractivity contribution in [2.75, 3.05) is 0 Å². The largest absolute Gasteiger partial charge is 0.444 e. The summed E-state index contributed by atoms with van der Waals surface area (Å²) in [7, 11) is 0. The number of ether oxygens (including phenoxy) is 1. The van der Waals surface area contributed by atoms with Crippen LogP contribution in [0, 0.1) is 0 Å². The van der Waals surface area contributed by atoms with Crippen molar-refractivity contribution in [3.05, 3.63) is 71.8 Å². The average Bonchev–Trinajstić information content (AvgIpc) is 3.10. The molecule has 2 heterocycles. The molecule has 0 aliphatic heterocycles. The highest BCUT2D eigenvalue weighted by molar-refractivity contribution is 5.71. The van der Waals surface area contributed by atoms with E-state index in [1.54, 1.807) is 12.4 Å². The molecule has 0 aliphatic carbocycles. The monoisotopic (exact) mass is 379 g/mol. The van der Waals surface area contributed by atoms with Crippen molar-refractivity contribution < 1.29 is 9.53 Å². The topological polar surface area (TPSA) is 106 Å². The van der Waals surface area contributed by atoms with E-state index in [4.69, 9.17) is 10.5 Å². The highest BCUT2D eigenvalue weighted by Gasteiger charge is 2.22. The summed E-state index contributed by atoms with van der Waals surface area (Å²) in [5.74, 6) is 0. The van der Waals surface area contributed by atoms with E-state index in [0.717, 1.165) is 22.4 Å². The third kappa shape index (κ3) is 4.75. The fourth-order valence-electron chi connectivity index (χ4n) is 2.88. The average molecular weight is 379 g/mol. The summed E-state index contributed by atoms with van der Waals surface area (Å²) in [4.78, 5) is 16.1. The van der Waals surface area contributed by atoms with Gasteiger partial charge in [0.15, 0.2) is 0 Å². The molecule has 2 aromatic heterocycles. The molecule has 0 radical (unpaired) electrons. The number of rotatable bonds is 5. The van der Waals surface area contributed by atoms with Gasteiger partial charge in [-0.15, -0.1) is 0 Å². The van der Waals surface area contributed by atoms with E-state index in [1.807, 2.05) is 63.2 Å². The first-order valence-corrected chi connectivity index (χ1v) is 9.10. The molecule has 1 aromatic carbocycles. The maximum atomic E-state index is 12.0. The van der Waals surface area contributed by atoms with Crippen molar-refractivity contribution in [3.63, 3.8) is 0 Å². The Morgan fingerprint density at radius 3 is 2.50 bits per heavy atom. The molecule has 0 aliphatic rings. The highest BCUT2D eigenvalue weighted by Crippen LogP contribution is 2.31. The van der Waals surface area contributed by atoms with Crippen LogP contribution in [0.15, 0.2) is 54.9 Å². The summed E-state index contributed by atoms with van der Waals surface area (Å²) in [6, 6.07) is 13.1. The molecular formula is C21H25N5O2. The van der Waals surface area contributed by atoms with Crippen molar-refractivity contribution in [1.82, 2.24) is 20.5 Å². The molecule has 28 heavy (non-hydrogen) atoms. The van der Waals surface area contributed by atoms with Crippen LogP contribution in [0.25, 0.3) is 11.1 Å². The van der Waals surface area contributed by atoms with Gasteiger partial charge in [-0.05, 0) is 44.0 Å². The van der Waals surface area contributed by atoms with E-state index in [2.05, 4.69) is 20.5 Å². The summed E-state index contributed by atoms with van der Waals surface area (Å²) >= 11 is 0. The molecule has 0 bridgehead atoms. The van der Waals surface area contributed by atoms with Gasteiger partial charge in [-0.25, -0.2) is 4.79 Å². The number of carbonyl (C=O) groups excluding carboxylic acids is 1. The number of alkyl carbamates (subject to hydrolysis) is 1. The number of nitrogens with zero attached hydrogens (tertiary/aromatic N) is 2. The number of hydrogen-bond acceptors (Lipinski definition) is 5. The second-order valence-electron chi connectivity index (χ2n) is 7.44. The Morgan fingerprint density at radius 2 is 1.86 bits per heavy atom. The van der Waals surface area contributed by atoms with Gasteiger partial charge in [-0.1, -0.05) is 30.3 Å². The normalized spacial score (nSPS) is 12.4. The molecule has 1 amide bonds. The fourth-order valence-corrected chi connectivity index (χ4v) is 2.88. The predicted octanol–water partition coefficient (Wildman–Crippen LogP) is 3.54. The van der Waals surface area contributed by atoms with Crippen molar-refractivity contribution in [2.45, 2.75) is 39.0 Å². The molecule has 146 valence electrons. The number of amides is 1. The Labute approximate surface area is 164 Å². The third-order valence-corrected chi connectivity index (χ3v) is 4.10. The van der Waals surface area contributed by atoms with Gasteiger partial charge in [0.1, 0.15) is 5.60 Å². The predicted molar refractivity (Wildman–Crippen MR) is 107 cm³/mol. The van der Waals surface area contributed by atoms with Gasteiger partial charge in [-0.2, -0.15) is 5.10 Å². The number of pyridine rings is 1. The maximum Gasteiger partial charge on any atom is 0.407 e. The Hall–Kier alpha value is -3.19. The summed E-state index contributed by atoms with van der Waals surface area (Å²) in [5.41, 5.74) is 10.1. The zero-order valence-corrected chi connectivity index (χ0v) is 16.3. The summed E-state index contributed by atoms with van der Waals surface area (Å²) < 4.78 is 5.31. The number of nitrogens with one attached hydrogen (secondary N) is 2. The minimum Gasteiger partial charge on any atom is -0.444 e. The summed E-state index contributed by atoms with van der Waals surface area (Å²) in [6.07, 6.45) is 2.94. The number of carbonyl (C=O) groups is 1. The molecule has 0 fully saturated rings. The van der Waals surface area contributed by atoms with Crippen molar-refractivity contribution >= 4 is 6.09 Å². The van der Waals surface area contributed by atoms with E-state index in [-0.39, 0.29) is 6.54 Å². The fraction of sp³-hybridized carbons (Fsp3) is 0.286. The molecule has 0 unspecified atom stereocenters. The van der Waals surface area contributed by atoms with Crippen molar-refractivity contribution in [1.29, 1.82) is 0 Å². The number of hydrogen-bond donors (Lipinski definition) is 3. The first-order chi connectivity index (χ1) is 13.3. The highest BCUT2D eigenvalue weighted by atomic mass is 16.6. The number of nitrogens with two attached hydrogens (primary N) is 1. The van der Waals surface area contributed by atoms with Gasteiger partial charge < -0.3 is 15.8 Å². The first kappa shape index (κ1) is 19.6. The van der Waals surface area contributed by atoms with E-state index in [1.165, 1.54) is 0 Å². The molecule has 0 saturated carbocycles. The van der Waals surface area contributed by atoms with Crippen molar-refractivity contribution in [2.24, 2.45) is 5.73 Å². The second kappa shape index (κ2) is 8.22.